The number of carbonyl (C=O) groups is 3. The highest BCUT2D eigenvalue weighted by Crippen LogP contribution is 2.22. The molecule has 0 aromatic heterocycles. The number of hydrogen-bond acceptors (Lipinski definition) is 4. The number of ether oxygens (including phenoxy) is 1. The molecule has 2 fully saturated rings. The van der Waals surface area contributed by atoms with Gasteiger partial charge in [0.1, 0.15) is 5.75 Å². The first kappa shape index (κ1) is 21.1. The maximum Gasteiger partial charge on any atom is 0.225 e. The van der Waals surface area contributed by atoms with Crippen molar-refractivity contribution in [2.45, 2.75) is 45.1 Å². The van der Waals surface area contributed by atoms with Gasteiger partial charge in [0.2, 0.25) is 17.7 Å². The quantitative estimate of drug-likeness (QED) is 0.758. The zero-order chi connectivity index (χ0) is 20.6. The molecule has 1 N–H and O–H groups in total. The van der Waals surface area contributed by atoms with Gasteiger partial charge >= 0.3 is 0 Å². The van der Waals surface area contributed by atoms with Crippen molar-refractivity contribution in [3.05, 3.63) is 29.8 Å². The molecule has 158 valence electrons. The predicted molar refractivity (Wildman–Crippen MR) is 109 cm³/mol. The lowest BCUT2D eigenvalue weighted by atomic mass is 9.95. The van der Waals surface area contributed by atoms with Crippen LogP contribution in [-0.4, -0.2) is 60.8 Å². The topological polar surface area (TPSA) is 79.0 Å². The van der Waals surface area contributed by atoms with E-state index in [1.807, 2.05) is 29.2 Å². The lowest BCUT2D eigenvalue weighted by molar-refractivity contribution is -0.140. The third kappa shape index (κ3) is 5.95. The number of carbonyl (C=O) groups excluding carboxylic acids is 3. The van der Waals surface area contributed by atoms with Crippen LogP contribution in [0.3, 0.4) is 0 Å². The zero-order valence-corrected chi connectivity index (χ0v) is 17.2. The number of rotatable bonds is 7. The van der Waals surface area contributed by atoms with Gasteiger partial charge in [0.25, 0.3) is 0 Å². The Morgan fingerprint density at radius 2 is 1.62 bits per heavy atom. The van der Waals surface area contributed by atoms with Crippen LogP contribution in [0, 0.1) is 5.92 Å². The molecular weight excluding hydrogens is 370 g/mol. The Hall–Kier alpha value is -2.57. The van der Waals surface area contributed by atoms with Crippen molar-refractivity contribution < 1.29 is 19.1 Å². The number of amides is 3. The van der Waals surface area contributed by atoms with Gasteiger partial charge in [-0.25, -0.2) is 0 Å². The number of nitrogens with zero attached hydrogens (tertiary/aromatic N) is 2. The molecule has 3 rings (SSSR count). The summed E-state index contributed by atoms with van der Waals surface area (Å²) in [6.45, 7) is 3.40. The summed E-state index contributed by atoms with van der Waals surface area (Å²) in [6, 6.07) is 7.50. The van der Waals surface area contributed by atoms with E-state index in [-0.39, 0.29) is 36.5 Å². The van der Waals surface area contributed by atoms with Crippen molar-refractivity contribution >= 4 is 17.7 Å². The standard InChI is InChI=1S/C22H31N3O4/c1-29-19-6-4-17(5-7-19)16-23-20(26)8-9-21(27)24-14-10-18(11-15-24)22(28)25-12-2-3-13-25/h4-7,18H,2-3,8-16H2,1H3,(H,23,26). The second-order valence-corrected chi connectivity index (χ2v) is 7.81. The maximum absolute atomic E-state index is 12.5. The van der Waals surface area contributed by atoms with Crippen molar-refractivity contribution in [2.24, 2.45) is 5.92 Å². The minimum atomic E-state index is -0.131. The molecule has 1 aromatic carbocycles. The van der Waals surface area contributed by atoms with Crippen LogP contribution in [0.2, 0.25) is 0 Å². The van der Waals surface area contributed by atoms with E-state index in [4.69, 9.17) is 4.74 Å². The molecule has 1 aromatic rings. The molecule has 0 saturated carbocycles. The monoisotopic (exact) mass is 401 g/mol. The highest BCUT2D eigenvalue weighted by atomic mass is 16.5. The minimum Gasteiger partial charge on any atom is -0.497 e. The second-order valence-electron chi connectivity index (χ2n) is 7.81. The molecule has 0 bridgehead atoms. The van der Waals surface area contributed by atoms with Crippen LogP contribution in [0.15, 0.2) is 24.3 Å². The van der Waals surface area contributed by atoms with Gasteiger partial charge in [0, 0.05) is 51.5 Å². The summed E-state index contributed by atoms with van der Waals surface area (Å²) in [6.07, 6.45) is 4.05. The number of hydrogen-bond donors (Lipinski definition) is 1. The van der Waals surface area contributed by atoms with Crippen LogP contribution in [0.1, 0.15) is 44.1 Å². The highest BCUT2D eigenvalue weighted by molar-refractivity contribution is 5.84. The number of piperidine rings is 1. The van der Waals surface area contributed by atoms with E-state index in [9.17, 15) is 14.4 Å². The van der Waals surface area contributed by atoms with Crippen LogP contribution in [0.25, 0.3) is 0 Å². The van der Waals surface area contributed by atoms with Gasteiger partial charge in [-0.2, -0.15) is 0 Å². The summed E-state index contributed by atoms with van der Waals surface area (Å²) >= 11 is 0. The molecule has 0 atom stereocenters. The van der Waals surface area contributed by atoms with Crippen LogP contribution in [0.5, 0.6) is 5.75 Å². The number of nitrogens with one attached hydrogen (secondary N) is 1. The van der Waals surface area contributed by atoms with E-state index in [2.05, 4.69) is 5.32 Å². The van der Waals surface area contributed by atoms with E-state index >= 15 is 0 Å². The predicted octanol–water partition coefficient (Wildman–Crippen LogP) is 1.95. The zero-order valence-electron chi connectivity index (χ0n) is 17.2. The van der Waals surface area contributed by atoms with Gasteiger partial charge in [-0.15, -0.1) is 0 Å². The lowest BCUT2D eigenvalue weighted by Gasteiger charge is -2.33. The Balaban J connectivity index is 1.34. The van der Waals surface area contributed by atoms with Crippen molar-refractivity contribution in [1.82, 2.24) is 15.1 Å². The molecule has 0 radical (unpaired) electrons. The van der Waals surface area contributed by atoms with E-state index in [0.29, 0.717) is 19.6 Å². The van der Waals surface area contributed by atoms with Gasteiger partial charge in [-0.1, -0.05) is 12.1 Å². The molecule has 7 heteroatoms. The van der Waals surface area contributed by atoms with Crippen molar-refractivity contribution in [1.29, 1.82) is 0 Å². The fourth-order valence-electron chi connectivity index (χ4n) is 3.98. The molecular formula is C22H31N3O4. The average Bonchev–Trinajstić information content (AvgIpc) is 3.31. The van der Waals surface area contributed by atoms with Crippen LogP contribution in [-0.2, 0) is 20.9 Å². The van der Waals surface area contributed by atoms with Crippen LogP contribution in [0.4, 0.5) is 0 Å². The molecule has 2 aliphatic heterocycles. The number of likely N-dealkylation sites (tertiary alicyclic amines) is 2. The third-order valence-electron chi connectivity index (χ3n) is 5.83. The Kier molecular flexibility index (Phi) is 7.49. The SMILES string of the molecule is COc1ccc(CNC(=O)CCC(=O)N2CCC(C(=O)N3CCCC3)CC2)cc1. The molecule has 3 amide bonds. The van der Waals surface area contributed by atoms with Crippen molar-refractivity contribution in [2.75, 3.05) is 33.3 Å². The molecule has 2 aliphatic rings. The maximum atomic E-state index is 12.5. The first-order valence-corrected chi connectivity index (χ1v) is 10.5. The smallest absolute Gasteiger partial charge is 0.225 e. The molecule has 29 heavy (non-hydrogen) atoms. The Bertz CT molecular complexity index is 705. The summed E-state index contributed by atoms with van der Waals surface area (Å²) in [4.78, 5) is 40.7. The first-order valence-electron chi connectivity index (χ1n) is 10.5. The minimum absolute atomic E-state index is 0.00308. The number of benzene rings is 1. The normalized spacial score (nSPS) is 17.3. The van der Waals surface area contributed by atoms with Crippen LogP contribution >= 0.6 is 0 Å². The largest absolute Gasteiger partial charge is 0.497 e. The molecule has 0 unspecified atom stereocenters. The second kappa shape index (κ2) is 10.3. The summed E-state index contributed by atoms with van der Waals surface area (Å²) in [5.74, 6) is 0.943. The average molecular weight is 402 g/mol. The fraction of sp³-hybridized carbons (Fsp3) is 0.591. The third-order valence-corrected chi connectivity index (χ3v) is 5.83. The Labute approximate surface area is 172 Å². The Morgan fingerprint density at radius 3 is 2.24 bits per heavy atom. The fourth-order valence-corrected chi connectivity index (χ4v) is 3.98. The molecule has 2 heterocycles. The summed E-state index contributed by atoms with van der Waals surface area (Å²) < 4.78 is 5.11. The van der Waals surface area contributed by atoms with E-state index < -0.39 is 0 Å². The van der Waals surface area contributed by atoms with Gasteiger partial charge in [-0.3, -0.25) is 14.4 Å². The van der Waals surface area contributed by atoms with E-state index in [1.54, 1.807) is 12.0 Å². The van der Waals surface area contributed by atoms with Gasteiger partial charge < -0.3 is 19.9 Å². The van der Waals surface area contributed by atoms with Crippen molar-refractivity contribution in [3.63, 3.8) is 0 Å². The summed E-state index contributed by atoms with van der Waals surface area (Å²) in [7, 11) is 1.61. The summed E-state index contributed by atoms with van der Waals surface area (Å²) in [5.41, 5.74) is 0.982. The molecule has 2 saturated heterocycles. The number of methoxy groups -OCH3 is 1. The van der Waals surface area contributed by atoms with Gasteiger partial charge in [0.15, 0.2) is 0 Å². The van der Waals surface area contributed by atoms with Crippen LogP contribution < -0.4 is 10.1 Å². The van der Waals surface area contributed by atoms with Gasteiger partial charge in [-0.05, 0) is 43.4 Å². The molecule has 0 spiro atoms. The van der Waals surface area contributed by atoms with E-state index in [0.717, 1.165) is 50.1 Å². The molecule has 0 aliphatic carbocycles. The lowest BCUT2D eigenvalue weighted by Crippen LogP contribution is -2.44. The van der Waals surface area contributed by atoms with Gasteiger partial charge in [0.05, 0.1) is 7.11 Å². The van der Waals surface area contributed by atoms with E-state index in [1.165, 1.54) is 0 Å². The highest BCUT2D eigenvalue weighted by Gasteiger charge is 2.31. The van der Waals surface area contributed by atoms with Crippen molar-refractivity contribution in [3.8, 4) is 5.75 Å². The Morgan fingerprint density at radius 1 is 0.966 bits per heavy atom. The summed E-state index contributed by atoms with van der Waals surface area (Å²) in [5, 5.41) is 2.85. The molecule has 7 nitrogen and oxygen atoms in total. The first-order chi connectivity index (χ1) is 14.1.